The minimum Gasteiger partial charge on any atom is -0.379 e. The molecule has 1 saturated heterocycles. The van der Waals surface area contributed by atoms with E-state index in [-0.39, 0.29) is 11.9 Å². The van der Waals surface area contributed by atoms with Gasteiger partial charge >= 0.3 is 0 Å². The fourth-order valence-corrected chi connectivity index (χ4v) is 3.49. The van der Waals surface area contributed by atoms with Crippen molar-refractivity contribution in [1.82, 2.24) is 20.2 Å². The molecule has 3 rings (SSSR count). The van der Waals surface area contributed by atoms with Crippen molar-refractivity contribution in [3.05, 3.63) is 54.0 Å². The van der Waals surface area contributed by atoms with Crippen LogP contribution in [0.25, 0.3) is 0 Å². The molecule has 1 aliphatic heterocycles. The van der Waals surface area contributed by atoms with E-state index >= 15 is 0 Å². The van der Waals surface area contributed by atoms with E-state index in [1.165, 1.54) is 11.8 Å². The number of hydrogen-bond acceptors (Lipinski definition) is 6. The highest BCUT2D eigenvalue weighted by Crippen LogP contribution is 2.21. The van der Waals surface area contributed by atoms with E-state index < -0.39 is 0 Å². The van der Waals surface area contributed by atoms with Crippen molar-refractivity contribution in [3.8, 4) is 0 Å². The summed E-state index contributed by atoms with van der Waals surface area (Å²) >= 11 is 1.48. The number of carbonyl (C=O) groups excluding carboxylic acids is 1. The van der Waals surface area contributed by atoms with Crippen LogP contribution in [0.1, 0.15) is 22.0 Å². The summed E-state index contributed by atoms with van der Waals surface area (Å²) in [7, 11) is 0. The number of thioether (sulfide) groups is 1. The lowest BCUT2D eigenvalue weighted by atomic mass is 10.1. The molecule has 0 aliphatic carbocycles. The van der Waals surface area contributed by atoms with Crippen molar-refractivity contribution in [1.29, 1.82) is 0 Å². The Morgan fingerprint density at radius 1 is 1.28 bits per heavy atom. The second-order valence-corrected chi connectivity index (χ2v) is 6.51. The van der Waals surface area contributed by atoms with E-state index in [0.717, 1.165) is 36.9 Å². The Morgan fingerprint density at radius 2 is 2.04 bits per heavy atom. The van der Waals surface area contributed by atoms with Gasteiger partial charge in [-0.3, -0.25) is 14.7 Å². The van der Waals surface area contributed by atoms with Gasteiger partial charge in [-0.1, -0.05) is 0 Å². The van der Waals surface area contributed by atoms with Crippen molar-refractivity contribution < 1.29 is 9.53 Å². The molecular weight excluding hydrogens is 336 g/mol. The van der Waals surface area contributed by atoms with Crippen molar-refractivity contribution >= 4 is 17.7 Å². The monoisotopic (exact) mass is 358 g/mol. The molecule has 1 amide bonds. The van der Waals surface area contributed by atoms with E-state index in [1.807, 2.05) is 24.5 Å². The van der Waals surface area contributed by atoms with Gasteiger partial charge in [-0.05, 0) is 36.1 Å². The number of nitrogens with one attached hydrogen (secondary N) is 1. The van der Waals surface area contributed by atoms with Crippen LogP contribution in [0.4, 0.5) is 0 Å². The maximum Gasteiger partial charge on any atom is 0.254 e. The van der Waals surface area contributed by atoms with Crippen LogP contribution in [-0.4, -0.2) is 59.9 Å². The van der Waals surface area contributed by atoms with Crippen LogP contribution in [0, 0.1) is 0 Å². The Morgan fingerprint density at radius 3 is 2.76 bits per heavy atom. The average Bonchev–Trinajstić information content (AvgIpc) is 2.69. The largest absolute Gasteiger partial charge is 0.379 e. The minimum absolute atomic E-state index is 0.0928. The van der Waals surface area contributed by atoms with E-state index in [1.54, 1.807) is 24.7 Å². The Bertz CT molecular complexity index is 692. The van der Waals surface area contributed by atoms with Gasteiger partial charge in [0.25, 0.3) is 5.91 Å². The molecule has 0 spiro atoms. The van der Waals surface area contributed by atoms with Crippen molar-refractivity contribution in [2.24, 2.45) is 0 Å². The lowest BCUT2D eigenvalue weighted by Gasteiger charge is -2.34. The molecule has 0 unspecified atom stereocenters. The molecule has 0 aromatic carbocycles. The number of amides is 1. The zero-order valence-corrected chi connectivity index (χ0v) is 15.0. The molecule has 0 bridgehead atoms. The summed E-state index contributed by atoms with van der Waals surface area (Å²) in [4.78, 5) is 23.3. The summed E-state index contributed by atoms with van der Waals surface area (Å²) in [6.45, 7) is 3.67. The van der Waals surface area contributed by atoms with Gasteiger partial charge in [0.15, 0.2) is 0 Å². The predicted molar refractivity (Wildman–Crippen MR) is 97.7 cm³/mol. The second-order valence-electron chi connectivity index (χ2n) is 5.71. The molecule has 3 heterocycles. The maximum atomic E-state index is 12.6. The highest BCUT2D eigenvalue weighted by Gasteiger charge is 2.23. The highest BCUT2D eigenvalue weighted by molar-refractivity contribution is 7.98. The summed E-state index contributed by atoms with van der Waals surface area (Å²) in [6.07, 6.45) is 7.21. The first-order valence-corrected chi connectivity index (χ1v) is 9.51. The first-order chi connectivity index (χ1) is 12.3. The van der Waals surface area contributed by atoms with E-state index in [0.29, 0.717) is 12.1 Å². The van der Waals surface area contributed by atoms with Gasteiger partial charge in [0, 0.05) is 38.2 Å². The lowest BCUT2D eigenvalue weighted by molar-refractivity contribution is 0.0162. The maximum absolute atomic E-state index is 12.6. The summed E-state index contributed by atoms with van der Waals surface area (Å²) in [6, 6.07) is 7.71. The molecule has 2 aromatic rings. The smallest absolute Gasteiger partial charge is 0.254 e. The third-order valence-electron chi connectivity index (χ3n) is 4.24. The molecule has 1 N–H and O–H groups in total. The van der Waals surface area contributed by atoms with Crippen LogP contribution in [0.15, 0.2) is 47.9 Å². The highest BCUT2D eigenvalue weighted by atomic mass is 32.2. The molecule has 7 heteroatoms. The zero-order chi connectivity index (χ0) is 17.5. The van der Waals surface area contributed by atoms with Gasteiger partial charge in [-0.15, -0.1) is 11.8 Å². The molecule has 6 nitrogen and oxygen atoms in total. The van der Waals surface area contributed by atoms with Crippen LogP contribution in [0.3, 0.4) is 0 Å². The molecule has 1 fully saturated rings. The van der Waals surface area contributed by atoms with E-state index in [4.69, 9.17) is 4.74 Å². The predicted octanol–water partition coefficient (Wildman–Crippen LogP) is 2.00. The zero-order valence-electron chi connectivity index (χ0n) is 14.2. The fraction of sp³-hybridized carbons (Fsp3) is 0.389. The van der Waals surface area contributed by atoms with Gasteiger partial charge in [0.05, 0.1) is 24.8 Å². The van der Waals surface area contributed by atoms with Gasteiger partial charge in [-0.2, -0.15) is 0 Å². The molecule has 0 saturated carbocycles. The van der Waals surface area contributed by atoms with Crippen LogP contribution < -0.4 is 5.32 Å². The Labute approximate surface area is 152 Å². The minimum atomic E-state index is -0.0928. The Balaban J connectivity index is 1.73. The van der Waals surface area contributed by atoms with Gasteiger partial charge in [-0.25, -0.2) is 4.98 Å². The summed E-state index contributed by atoms with van der Waals surface area (Å²) in [5, 5.41) is 3.82. The third-order valence-corrected chi connectivity index (χ3v) is 4.95. The lowest BCUT2D eigenvalue weighted by Crippen LogP contribution is -2.43. The van der Waals surface area contributed by atoms with E-state index in [9.17, 15) is 4.79 Å². The van der Waals surface area contributed by atoms with Crippen LogP contribution >= 0.6 is 11.8 Å². The number of ether oxygens (including phenoxy) is 1. The van der Waals surface area contributed by atoms with Gasteiger partial charge < -0.3 is 10.1 Å². The fourth-order valence-electron chi connectivity index (χ4n) is 2.94. The Kier molecular flexibility index (Phi) is 6.38. The number of pyridine rings is 2. The van der Waals surface area contributed by atoms with E-state index in [2.05, 4.69) is 20.2 Å². The SMILES string of the molecule is CSc1ncccc1C(=O)NC[C@H](c1ccncc1)N1CCOCC1. The molecule has 1 aliphatic rings. The summed E-state index contributed by atoms with van der Waals surface area (Å²) in [5.74, 6) is -0.0928. The summed E-state index contributed by atoms with van der Waals surface area (Å²) in [5.41, 5.74) is 1.76. The molecule has 0 radical (unpaired) electrons. The molecule has 2 aromatic heterocycles. The molecule has 1 atom stereocenters. The van der Waals surface area contributed by atoms with Gasteiger partial charge in [0.1, 0.15) is 5.03 Å². The number of morpholine rings is 1. The van der Waals surface area contributed by atoms with Crippen molar-refractivity contribution in [3.63, 3.8) is 0 Å². The number of nitrogens with zero attached hydrogens (tertiary/aromatic N) is 3. The normalized spacial score (nSPS) is 16.4. The molecule has 132 valence electrons. The first-order valence-electron chi connectivity index (χ1n) is 8.28. The summed E-state index contributed by atoms with van der Waals surface area (Å²) < 4.78 is 5.46. The van der Waals surface area contributed by atoms with Crippen LogP contribution in [0.2, 0.25) is 0 Å². The van der Waals surface area contributed by atoms with Crippen molar-refractivity contribution in [2.75, 3.05) is 39.1 Å². The molecule has 25 heavy (non-hydrogen) atoms. The quantitative estimate of drug-likeness (QED) is 0.797. The average molecular weight is 358 g/mol. The standard InChI is InChI=1S/C18H22N4O2S/c1-25-18-15(3-2-6-20-18)17(23)21-13-16(14-4-7-19-8-5-14)22-9-11-24-12-10-22/h2-8,16H,9-13H2,1H3,(H,21,23)/t16-/m1/s1. The van der Waals surface area contributed by atoms with Crippen molar-refractivity contribution in [2.45, 2.75) is 11.1 Å². The number of hydrogen-bond donors (Lipinski definition) is 1. The first kappa shape index (κ1) is 17.8. The third kappa shape index (κ3) is 4.56. The number of rotatable bonds is 6. The second kappa shape index (κ2) is 8.94. The number of carbonyl (C=O) groups is 1. The van der Waals surface area contributed by atoms with Gasteiger partial charge in [0.2, 0.25) is 0 Å². The Hall–Kier alpha value is -1.96. The number of aromatic nitrogens is 2. The molecular formula is C18H22N4O2S. The van der Waals surface area contributed by atoms with Crippen LogP contribution in [-0.2, 0) is 4.74 Å². The topological polar surface area (TPSA) is 67.4 Å². The van der Waals surface area contributed by atoms with Crippen LogP contribution in [0.5, 0.6) is 0 Å².